The van der Waals surface area contributed by atoms with Crippen LogP contribution in [0.3, 0.4) is 0 Å². The Morgan fingerprint density at radius 3 is 2.39 bits per heavy atom. The van der Waals surface area contributed by atoms with Gasteiger partial charge in [0.05, 0.1) is 5.69 Å². The second kappa shape index (κ2) is 7.75. The maximum Gasteiger partial charge on any atom is 0.266 e. The Bertz CT molecular complexity index is 771. The third-order valence-electron chi connectivity index (χ3n) is 3.40. The van der Waals surface area contributed by atoms with E-state index in [9.17, 15) is 10.1 Å². The van der Waals surface area contributed by atoms with Gasteiger partial charge in [-0.2, -0.15) is 5.26 Å². The fourth-order valence-corrected chi connectivity index (χ4v) is 2.43. The van der Waals surface area contributed by atoms with Crippen LogP contribution in [0.2, 0.25) is 0 Å². The first-order valence-electron chi connectivity index (χ1n) is 7.29. The normalized spacial score (nSPS) is 11.2. The number of hydrogen-bond donors (Lipinski definition) is 1. The predicted octanol–water partition coefficient (Wildman–Crippen LogP) is 5.12. The molecule has 0 unspecified atom stereocenters. The molecule has 3 nitrogen and oxygen atoms in total. The van der Waals surface area contributed by atoms with E-state index in [2.05, 4.69) is 35.1 Å². The number of anilines is 1. The second-order valence-corrected chi connectivity index (χ2v) is 6.28. The first-order valence-corrected chi connectivity index (χ1v) is 8.08. The van der Waals surface area contributed by atoms with Gasteiger partial charge in [-0.05, 0) is 51.2 Å². The van der Waals surface area contributed by atoms with E-state index in [1.165, 1.54) is 5.56 Å². The number of benzene rings is 2. The van der Waals surface area contributed by atoms with Crippen LogP contribution in [0.25, 0.3) is 6.08 Å². The number of hydrogen-bond acceptors (Lipinski definition) is 2. The average Bonchev–Trinajstić information content (AvgIpc) is 2.55. The minimum absolute atomic E-state index is 0.0676. The van der Waals surface area contributed by atoms with Gasteiger partial charge in [-0.3, -0.25) is 4.79 Å². The van der Waals surface area contributed by atoms with Crippen LogP contribution < -0.4 is 5.32 Å². The van der Waals surface area contributed by atoms with Crippen molar-refractivity contribution in [3.63, 3.8) is 0 Å². The minimum atomic E-state index is -0.424. The van der Waals surface area contributed by atoms with Crippen molar-refractivity contribution in [2.45, 2.75) is 19.8 Å². The lowest BCUT2D eigenvalue weighted by atomic mass is 10.0. The second-order valence-electron chi connectivity index (χ2n) is 5.43. The molecule has 1 amide bonds. The maximum atomic E-state index is 12.3. The molecular weight excluding hydrogens is 352 g/mol. The molecule has 2 rings (SSSR count). The monoisotopic (exact) mass is 368 g/mol. The fourth-order valence-electron chi connectivity index (χ4n) is 2.04. The molecule has 0 heterocycles. The smallest absolute Gasteiger partial charge is 0.266 e. The summed E-state index contributed by atoms with van der Waals surface area (Å²) in [5, 5.41) is 12.0. The topological polar surface area (TPSA) is 52.9 Å². The van der Waals surface area contributed by atoms with Gasteiger partial charge in [-0.25, -0.2) is 0 Å². The van der Waals surface area contributed by atoms with Crippen molar-refractivity contribution in [1.82, 2.24) is 0 Å². The Balaban J connectivity index is 2.20. The summed E-state index contributed by atoms with van der Waals surface area (Å²) in [5.74, 6) is 0.0227. The van der Waals surface area contributed by atoms with Gasteiger partial charge in [-0.1, -0.05) is 50.2 Å². The van der Waals surface area contributed by atoms with Crippen LogP contribution in [0.15, 0.2) is 58.6 Å². The fraction of sp³-hybridized carbons (Fsp3) is 0.158. The molecule has 0 atom stereocenters. The lowest BCUT2D eigenvalue weighted by Gasteiger charge is -2.07. The van der Waals surface area contributed by atoms with Gasteiger partial charge in [0.15, 0.2) is 0 Å². The highest BCUT2D eigenvalue weighted by atomic mass is 79.9. The van der Waals surface area contributed by atoms with E-state index < -0.39 is 5.91 Å². The van der Waals surface area contributed by atoms with Crippen LogP contribution in [0.5, 0.6) is 0 Å². The number of nitrogens with zero attached hydrogens (tertiary/aromatic N) is 1. The van der Waals surface area contributed by atoms with E-state index in [1.54, 1.807) is 12.1 Å². The molecule has 0 fully saturated rings. The molecule has 0 saturated carbocycles. The summed E-state index contributed by atoms with van der Waals surface area (Å²) in [6.07, 6.45) is 1.59. The molecule has 4 heteroatoms. The minimum Gasteiger partial charge on any atom is -0.320 e. The molecule has 2 aromatic carbocycles. The van der Waals surface area contributed by atoms with Crippen molar-refractivity contribution < 1.29 is 4.79 Å². The molecule has 0 radical (unpaired) electrons. The zero-order chi connectivity index (χ0) is 16.8. The Hall–Kier alpha value is -2.38. The molecule has 116 valence electrons. The number of carbonyl (C=O) groups excluding carboxylic acids is 1. The van der Waals surface area contributed by atoms with E-state index in [-0.39, 0.29) is 5.57 Å². The highest BCUT2D eigenvalue weighted by Gasteiger charge is 2.11. The van der Waals surface area contributed by atoms with Crippen molar-refractivity contribution in [3.8, 4) is 6.07 Å². The molecular formula is C19H17BrN2O. The summed E-state index contributed by atoms with van der Waals surface area (Å²) in [6, 6.07) is 17.1. The summed E-state index contributed by atoms with van der Waals surface area (Å²) in [7, 11) is 0. The van der Waals surface area contributed by atoms with E-state index in [0.717, 1.165) is 10.0 Å². The Morgan fingerprint density at radius 1 is 1.17 bits per heavy atom. The number of nitrogens with one attached hydrogen (secondary N) is 1. The number of halogens is 1. The average molecular weight is 369 g/mol. The van der Waals surface area contributed by atoms with E-state index in [0.29, 0.717) is 11.6 Å². The summed E-state index contributed by atoms with van der Waals surface area (Å²) < 4.78 is 0.770. The summed E-state index contributed by atoms with van der Waals surface area (Å²) in [4.78, 5) is 12.3. The van der Waals surface area contributed by atoms with Gasteiger partial charge < -0.3 is 5.32 Å². The van der Waals surface area contributed by atoms with Crippen LogP contribution in [-0.2, 0) is 4.79 Å². The SMILES string of the molecule is CC(C)c1ccc(/C=C(/C#N)C(=O)Nc2ccccc2Br)cc1. The lowest BCUT2D eigenvalue weighted by Crippen LogP contribution is -2.13. The van der Waals surface area contributed by atoms with Crippen LogP contribution in [0.1, 0.15) is 30.9 Å². The molecule has 0 saturated heterocycles. The van der Waals surface area contributed by atoms with Gasteiger partial charge in [0, 0.05) is 4.47 Å². The van der Waals surface area contributed by atoms with Crippen LogP contribution in [0.4, 0.5) is 5.69 Å². The van der Waals surface area contributed by atoms with E-state index in [4.69, 9.17) is 0 Å². The van der Waals surface area contributed by atoms with Gasteiger partial charge >= 0.3 is 0 Å². The van der Waals surface area contributed by atoms with Crippen LogP contribution in [0, 0.1) is 11.3 Å². The molecule has 23 heavy (non-hydrogen) atoms. The first-order chi connectivity index (χ1) is 11.0. The standard InChI is InChI=1S/C19H17BrN2O/c1-13(2)15-9-7-14(8-10-15)11-16(12-21)19(23)22-18-6-4-3-5-17(18)20/h3-11,13H,1-2H3,(H,22,23)/b16-11-. The van der Waals surface area contributed by atoms with Crippen molar-refractivity contribution in [2.75, 3.05) is 5.32 Å². The van der Waals surface area contributed by atoms with Crippen molar-refractivity contribution >= 4 is 33.6 Å². The Kier molecular flexibility index (Phi) is 5.72. The number of carbonyl (C=O) groups is 1. The number of rotatable bonds is 4. The highest BCUT2D eigenvalue weighted by Crippen LogP contribution is 2.22. The van der Waals surface area contributed by atoms with Crippen molar-refractivity contribution in [1.29, 1.82) is 5.26 Å². The zero-order valence-electron chi connectivity index (χ0n) is 13.0. The molecule has 0 aromatic heterocycles. The van der Waals surface area contributed by atoms with Gasteiger partial charge in [0.25, 0.3) is 5.91 Å². The molecule has 0 aliphatic carbocycles. The summed E-state index contributed by atoms with van der Waals surface area (Å²) >= 11 is 3.37. The highest BCUT2D eigenvalue weighted by molar-refractivity contribution is 9.10. The molecule has 0 spiro atoms. The van der Waals surface area contributed by atoms with Gasteiger partial charge in [-0.15, -0.1) is 0 Å². The quantitative estimate of drug-likeness (QED) is 0.601. The molecule has 0 bridgehead atoms. The number of nitriles is 1. The zero-order valence-corrected chi connectivity index (χ0v) is 14.6. The summed E-state index contributed by atoms with van der Waals surface area (Å²) in [5.41, 5.74) is 2.75. The van der Waals surface area contributed by atoms with Crippen molar-refractivity contribution in [3.05, 3.63) is 69.7 Å². The number of amides is 1. The molecule has 2 aromatic rings. The molecule has 0 aliphatic heterocycles. The maximum absolute atomic E-state index is 12.3. The van der Waals surface area contributed by atoms with Crippen LogP contribution in [-0.4, -0.2) is 5.91 Å². The Labute approximate surface area is 144 Å². The third-order valence-corrected chi connectivity index (χ3v) is 4.09. The van der Waals surface area contributed by atoms with E-state index in [1.807, 2.05) is 48.5 Å². The molecule has 0 aliphatic rings. The third kappa shape index (κ3) is 4.54. The predicted molar refractivity (Wildman–Crippen MR) is 96.9 cm³/mol. The first kappa shape index (κ1) is 17.0. The number of para-hydroxylation sites is 1. The van der Waals surface area contributed by atoms with E-state index >= 15 is 0 Å². The largest absolute Gasteiger partial charge is 0.320 e. The van der Waals surface area contributed by atoms with Gasteiger partial charge in [0.1, 0.15) is 11.6 Å². The molecule has 1 N–H and O–H groups in total. The van der Waals surface area contributed by atoms with Crippen molar-refractivity contribution in [2.24, 2.45) is 0 Å². The van der Waals surface area contributed by atoms with Gasteiger partial charge in [0.2, 0.25) is 0 Å². The van der Waals surface area contributed by atoms with Crippen LogP contribution >= 0.6 is 15.9 Å². The lowest BCUT2D eigenvalue weighted by molar-refractivity contribution is -0.112. The summed E-state index contributed by atoms with van der Waals surface area (Å²) in [6.45, 7) is 4.24. The Morgan fingerprint density at radius 2 is 1.83 bits per heavy atom.